The standard InChI is InChI=1S/C23H30N6O2S/c1-16-20(17(2)29-22(24-16)25-23(26-29)32-4)15-21(30)28-13-11-27(12-14-28)10-9-18-5-7-19(31-3)8-6-18/h5-8H,9-15H2,1-4H3. The highest BCUT2D eigenvalue weighted by molar-refractivity contribution is 7.98. The number of carbonyl (C=O) groups is 1. The van der Waals surface area contributed by atoms with Gasteiger partial charge in [0, 0.05) is 49.7 Å². The molecule has 0 spiro atoms. The Bertz CT molecular complexity index is 1090. The van der Waals surface area contributed by atoms with Gasteiger partial charge < -0.3 is 9.64 Å². The predicted molar refractivity (Wildman–Crippen MR) is 125 cm³/mol. The van der Waals surface area contributed by atoms with Crippen molar-refractivity contribution in [3.63, 3.8) is 0 Å². The lowest BCUT2D eigenvalue weighted by atomic mass is 10.1. The summed E-state index contributed by atoms with van der Waals surface area (Å²) in [5.74, 6) is 1.62. The van der Waals surface area contributed by atoms with Crippen molar-refractivity contribution in [1.82, 2.24) is 29.4 Å². The van der Waals surface area contributed by atoms with Crippen LogP contribution >= 0.6 is 11.8 Å². The Morgan fingerprint density at radius 3 is 2.47 bits per heavy atom. The van der Waals surface area contributed by atoms with Crippen molar-refractivity contribution >= 4 is 23.4 Å². The minimum Gasteiger partial charge on any atom is -0.497 e. The van der Waals surface area contributed by atoms with Gasteiger partial charge >= 0.3 is 0 Å². The number of rotatable bonds is 7. The van der Waals surface area contributed by atoms with E-state index in [0.29, 0.717) is 17.4 Å². The number of aryl methyl sites for hydroxylation is 2. The highest BCUT2D eigenvalue weighted by Crippen LogP contribution is 2.18. The van der Waals surface area contributed by atoms with Crippen LogP contribution in [0.15, 0.2) is 29.4 Å². The molecule has 0 radical (unpaired) electrons. The van der Waals surface area contributed by atoms with Crippen molar-refractivity contribution in [2.75, 3.05) is 46.1 Å². The van der Waals surface area contributed by atoms with Crippen molar-refractivity contribution < 1.29 is 9.53 Å². The van der Waals surface area contributed by atoms with Gasteiger partial charge in [0.05, 0.1) is 13.5 Å². The molecule has 8 nitrogen and oxygen atoms in total. The first kappa shape index (κ1) is 22.5. The fourth-order valence-corrected chi connectivity index (χ4v) is 4.43. The maximum Gasteiger partial charge on any atom is 0.253 e. The number of piperazine rings is 1. The van der Waals surface area contributed by atoms with Crippen LogP contribution in [-0.2, 0) is 17.6 Å². The molecule has 1 fully saturated rings. The lowest BCUT2D eigenvalue weighted by molar-refractivity contribution is -0.132. The average Bonchev–Trinajstić information content (AvgIpc) is 3.24. The minimum absolute atomic E-state index is 0.150. The first-order chi connectivity index (χ1) is 15.5. The zero-order valence-electron chi connectivity index (χ0n) is 19.2. The molecule has 3 aromatic rings. The molecule has 1 amide bonds. The first-order valence-electron chi connectivity index (χ1n) is 10.9. The molecule has 1 saturated heterocycles. The molecule has 1 aliphatic rings. The molecule has 2 aromatic heterocycles. The van der Waals surface area contributed by atoms with Crippen LogP contribution in [0.2, 0.25) is 0 Å². The SMILES string of the molecule is COc1ccc(CCN2CCN(C(=O)Cc3c(C)nc4nc(SC)nn4c3C)CC2)cc1. The monoisotopic (exact) mass is 454 g/mol. The number of amides is 1. The van der Waals surface area contributed by atoms with Crippen molar-refractivity contribution in [2.45, 2.75) is 31.8 Å². The molecule has 0 aliphatic carbocycles. The molecule has 0 bridgehead atoms. The second-order valence-corrected chi connectivity index (χ2v) is 8.84. The molecule has 0 unspecified atom stereocenters. The summed E-state index contributed by atoms with van der Waals surface area (Å²) in [6.45, 7) is 8.25. The Labute approximate surface area is 193 Å². The van der Waals surface area contributed by atoms with Crippen LogP contribution in [0.25, 0.3) is 5.78 Å². The molecular weight excluding hydrogens is 424 g/mol. The van der Waals surface area contributed by atoms with Gasteiger partial charge in [-0.1, -0.05) is 23.9 Å². The van der Waals surface area contributed by atoms with Gasteiger partial charge in [-0.25, -0.2) is 9.50 Å². The summed E-state index contributed by atoms with van der Waals surface area (Å²) in [7, 11) is 1.68. The zero-order chi connectivity index (χ0) is 22.7. The van der Waals surface area contributed by atoms with Crippen molar-refractivity contribution in [1.29, 1.82) is 0 Å². The first-order valence-corrected chi connectivity index (χ1v) is 12.1. The molecule has 9 heteroatoms. The average molecular weight is 455 g/mol. The normalized spacial score (nSPS) is 14.8. The van der Waals surface area contributed by atoms with E-state index in [2.05, 4.69) is 32.1 Å². The molecular formula is C23H30N6O2S. The predicted octanol–water partition coefficient (Wildman–Crippen LogP) is 2.40. The third kappa shape index (κ3) is 4.88. The smallest absolute Gasteiger partial charge is 0.253 e. The van der Waals surface area contributed by atoms with E-state index < -0.39 is 0 Å². The Kier molecular flexibility index (Phi) is 6.95. The summed E-state index contributed by atoms with van der Waals surface area (Å²) in [5, 5.41) is 5.17. The quantitative estimate of drug-likeness (QED) is 0.508. The minimum atomic E-state index is 0.150. The van der Waals surface area contributed by atoms with E-state index >= 15 is 0 Å². The van der Waals surface area contributed by atoms with E-state index in [1.165, 1.54) is 17.3 Å². The van der Waals surface area contributed by atoms with E-state index in [9.17, 15) is 4.79 Å². The van der Waals surface area contributed by atoms with Crippen LogP contribution in [-0.4, -0.2) is 81.4 Å². The van der Waals surface area contributed by atoms with Gasteiger partial charge in [0.15, 0.2) is 0 Å². The van der Waals surface area contributed by atoms with Crippen LogP contribution in [0, 0.1) is 13.8 Å². The maximum absolute atomic E-state index is 13.0. The number of hydrogen-bond acceptors (Lipinski definition) is 7. The molecule has 1 aromatic carbocycles. The number of thioether (sulfide) groups is 1. The van der Waals surface area contributed by atoms with Crippen LogP contribution in [0.4, 0.5) is 0 Å². The lowest BCUT2D eigenvalue weighted by Gasteiger charge is -2.35. The largest absolute Gasteiger partial charge is 0.497 e. The summed E-state index contributed by atoms with van der Waals surface area (Å²) < 4.78 is 6.97. The maximum atomic E-state index is 13.0. The number of ether oxygens (including phenoxy) is 1. The fourth-order valence-electron chi connectivity index (χ4n) is 4.10. The van der Waals surface area contributed by atoms with Gasteiger partial charge in [-0.15, -0.1) is 5.10 Å². The summed E-state index contributed by atoms with van der Waals surface area (Å²) in [6, 6.07) is 8.24. The second kappa shape index (κ2) is 9.87. The highest BCUT2D eigenvalue weighted by atomic mass is 32.2. The van der Waals surface area contributed by atoms with Gasteiger partial charge in [-0.3, -0.25) is 9.69 Å². The Morgan fingerprint density at radius 2 is 1.81 bits per heavy atom. The van der Waals surface area contributed by atoms with Gasteiger partial charge in [0.1, 0.15) is 5.75 Å². The number of fused-ring (bicyclic) bond motifs is 1. The van der Waals surface area contributed by atoms with Crippen LogP contribution < -0.4 is 4.74 Å². The van der Waals surface area contributed by atoms with E-state index in [-0.39, 0.29) is 5.91 Å². The summed E-state index contributed by atoms with van der Waals surface area (Å²) >= 11 is 1.49. The Balaban J connectivity index is 1.32. The number of hydrogen-bond donors (Lipinski definition) is 0. The summed E-state index contributed by atoms with van der Waals surface area (Å²) in [6.07, 6.45) is 3.29. The Morgan fingerprint density at radius 1 is 1.09 bits per heavy atom. The van der Waals surface area contributed by atoms with E-state index in [1.54, 1.807) is 11.6 Å². The van der Waals surface area contributed by atoms with Gasteiger partial charge in [0.2, 0.25) is 11.1 Å². The van der Waals surface area contributed by atoms with E-state index in [0.717, 1.165) is 61.8 Å². The van der Waals surface area contributed by atoms with Crippen LogP contribution in [0.3, 0.4) is 0 Å². The number of benzene rings is 1. The topological polar surface area (TPSA) is 75.9 Å². The van der Waals surface area contributed by atoms with E-state index in [4.69, 9.17) is 4.74 Å². The third-order valence-corrected chi connectivity index (χ3v) is 6.68. The second-order valence-electron chi connectivity index (χ2n) is 8.07. The lowest BCUT2D eigenvalue weighted by Crippen LogP contribution is -2.49. The molecule has 4 rings (SSSR count). The van der Waals surface area contributed by atoms with E-state index in [1.807, 2.05) is 37.1 Å². The zero-order valence-corrected chi connectivity index (χ0v) is 20.0. The molecule has 0 N–H and O–H groups in total. The molecule has 3 heterocycles. The van der Waals surface area contributed by atoms with Crippen LogP contribution in [0.5, 0.6) is 5.75 Å². The Hall–Kier alpha value is -2.65. The number of nitrogens with zero attached hydrogens (tertiary/aromatic N) is 6. The van der Waals surface area contributed by atoms with Crippen LogP contribution in [0.1, 0.15) is 22.5 Å². The molecule has 170 valence electrons. The molecule has 32 heavy (non-hydrogen) atoms. The number of aromatic nitrogens is 4. The van der Waals surface area contributed by atoms with Crippen molar-refractivity contribution in [3.8, 4) is 5.75 Å². The highest BCUT2D eigenvalue weighted by Gasteiger charge is 2.23. The van der Waals surface area contributed by atoms with Gasteiger partial charge in [-0.05, 0) is 44.2 Å². The summed E-state index contributed by atoms with van der Waals surface area (Å²) in [4.78, 5) is 26.4. The molecule has 1 aliphatic heterocycles. The van der Waals surface area contributed by atoms with Gasteiger partial charge in [-0.2, -0.15) is 4.98 Å². The van der Waals surface area contributed by atoms with Crippen molar-refractivity contribution in [2.24, 2.45) is 0 Å². The van der Waals surface area contributed by atoms with Crippen molar-refractivity contribution in [3.05, 3.63) is 46.8 Å². The third-order valence-electron chi connectivity index (χ3n) is 6.14. The molecule has 0 saturated carbocycles. The van der Waals surface area contributed by atoms with Gasteiger partial charge in [0.25, 0.3) is 5.78 Å². The number of carbonyl (C=O) groups excluding carboxylic acids is 1. The summed E-state index contributed by atoms with van der Waals surface area (Å²) in [5.41, 5.74) is 4.03. The number of methoxy groups -OCH3 is 1. The fraction of sp³-hybridized carbons (Fsp3) is 0.478. The molecule has 0 atom stereocenters.